The Morgan fingerprint density at radius 3 is 2.27 bits per heavy atom. The van der Waals surface area contributed by atoms with E-state index in [-0.39, 0.29) is 0 Å². The van der Waals surface area contributed by atoms with E-state index in [1.807, 2.05) is 0 Å². The third-order valence-electron chi connectivity index (χ3n) is 2.68. The Balaban J connectivity index is 2.62. The first-order valence-electron chi connectivity index (χ1n) is 4.50. The molecular weight excluding hydrogens is 195 g/mol. The van der Waals surface area contributed by atoms with Crippen LogP contribution in [0.2, 0.25) is 0 Å². The van der Waals surface area contributed by atoms with Gasteiger partial charge in [0.15, 0.2) is 0 Å². The number of benzene rings is 2. The molecule has 2 aromatic rings. The lowest BCUT2D eigenvalue weighted by Gasteiger charge is -1.99. The molecule has 0 unspecified atom stereocenters. The summed E-state index contributed by atoms with van der Waals surface area (Å²) in [5.74, 6) is -1.49. The molecule has 0 bridgehead atoms. The van der Waals surface area contributed by atoms with Crippen LogP contribution in [0.3, 0.4) is 0 Å². The zero-order chi connectivity index (χ0) is 10.6. The summed E-state index contributed by atoms with van der Waals surface area (Å²) in [6, 6.07) is 7.30. The highest BCUT2D eigenvalue weighted by Crippen LogP contribution is 2.31. The molecule has 15 heavy (non-hydrogen) atoms. The Hall–Kier alpha value is -2.03. The second-order valence-electron chi connectivity index (χ2n) is 3.48. The van der Waals surface area contributed by atoms with Crippen LogP contribution in [0.15, 0.2) is 30.3 Å². The maximum absolute atomic E-state index is 13.4. The standard InChI is InChI=1S/C12H5FO2/c13-9-5-4-8-10-6(9)2-1-3-7(10)11(14)12(8)15/h1-5H. The quantitative estimate of drug-likeness (QED) is 0.612. The molecule has 0 amide bonds. The second kappa shape index (κ2) is 2.51. The van der Waals surface area contributed by atoms with E-state index in [0.29, 0.717) is 21.9 Å². The van der Waals surface area contributed by atoms with Crippen LogP contribution in [-0.4, -0.2) is 11.6 Å². The molecule has 3 heteroatoms. The maximum atomic E-state index is 13.4. The zero-order valence-electron chi connectivity index (χ0n) is 7.58. The van der Waals surface area contributed by atoms with E-state index in [0.717, 1.165) is 0 Å². The van der Waals surface area contributed by atoms with Gasteiger partial charge in [0.2, 0.25) is 11.6 Å². The average molecular weight is 200 g/mol. The van der Waals surface area contributed by atoms with Crippen molar-refractivity contribution in [2.45, 2.75) is 0 Å². The van der Waals surface area contributed by atoms with Gasteiger partial charge in [-0.05, 0) is 12.1 Å². The summed E-state index contributed by atoms with van der Waals surface area (Å²) in [5, 5.41) is 0.789. The smallest absolute Gasteiger partial charge is 0.234 e. The maximum Gasteiger partial charge on any atom is 0.234 e. The molecule has 0 saturated heterocycles. The van der Waals surface area contributed by atoms with Gasteiger partial charge in [-0.3, -0.25) is 9.59 Å². The largest absolute Gasteiger partial charge is 0.285 e. The van der Waals surface area contributed by atoms with E-state index in [2.05, 4.69) is 0 Å². The summed E-state index contributed by atoms with van der Waals surface area (Å²) in [6.07, 6.45) is 0. The number of ketones is 2. The third-order valence-corrected chi connectivity index (χ3v) is 2.68. The topological polar surface area (TPSA) is 34.1 Å². The van der Waals surface area contributed by atoms with Crippen molar-refractivity contribution in [3.05, 3.63) is 47.3 Å². The van der Waals surface area contributed by atoms with Gasteiger partial charge >= 0.3 is 0 Å². The highest BCUT2D eigenvalue weighted by atomic mass is 19.1. The fourth-order valence-corrected chi connectivity index (χ4v) is 1.99. The van der Waals surface area contributed by atoms with Crippen LogP contribution in [0.25, 0.3) is 10.8 Å². The van der Waals surface area contributed by atoms with Gasteiger partial charge in [-0.2, -0.15) is 0 Å². The average Bonchev–Trinajstić information content (AvgIpc) is 2.50. The first kappa shape index (κ1) is 8.29. The third kappa shape index (κ3) is 0.871. The van der Waals surface area contributed by atoms with Crippen molar-refractivity contribution in [1.29, 1.82) is 0 Å². The molecule has 72 valence electrons. The van der Waals surface area contributed by atoms with E-state index in [4.69, 9.17) is 0 Å². The van der Waals surface area contributed by atoms with E-state index in [1.165, 1.54) is 12.1 Å². The molecule has 0 spiro atoms. The number of hydrogen-bond acceptors (Lipinski definition) is 2. The molecule has 3 rings (SSSR count). The molecule has 0 saturated carbocycles. The van der Waals surface area contributed by atoms with Gasteiger partial charge in [-0.15, -0.1) is 0 Å². The highest BCUT2D eigenvalue weighted by molar-refractivity contribution is 6.57. The van der Waals surface area contributed by atoms with Crippen LogP contribution in [0.1, 0.15) is 20.7 Å². The molecule has 1 aliphatic carbocycles. The number of carbonyl (C=O) groups is 2. The van der Waals surface area contributed by atoms with E-state index < -0.39 is 17.4 Å². The fraction of sp³-hybridized carbons (Fsp3) is 0. The van der Waals surface area contributed by atoms with E-state index >= 15 is 0 Å². The van der Waals surface area contributed by atoms with Crippen molar-refractivity contribution in [2.75, 3.05) is 0 Å². The molecule has 0 radical (unpaired) electrons. The minimum atomic E-state index is -0.541. The Kier molecular flexibility index (Phi) is 1.39. The predicted molar refractivity (Wildman–Crippen MR) is 52.6 cm³/mol. The summed E-state index contributed by atoms with van der Waals surface area (Å²) in [5.41, 5.74) is 0.624. The number of carbonyl (C=O) groups excluding carboxylic acids is 2. The lowest BCUT2D eigenvalue weighted by atomic mass is 10.0. The summed E-state index contributed by atoms with van der Waals surface area (Å²) in [4.78, 5) is 23.0. The van der Waals surface area contributed by atoms with E-state index in [9.17, 15) is 14.0 Å². The molecular formula is C12H5FO2. The normalized spacial score (nSPS) is 13.9. The highest BCUT2D eigenvalue weighted by Gasteiger charge is 2.31. The molecule has 2 aromatic carbocycles. The minimum Gasteiger partial charge on any atom is -0.285 e. The molecule has 2 nitrogen and oxygen atoms in total. The second-order valence-corrected chi connectivity index (χ2v) is 3.48. The van der Waals surface area contributed by atoms with Crippen molar-refractivity contribution < 1.29 is 14.0 Å². The van der Waals surface area contributed by atoms with Crippen LogP contribution in [0, 0.1) is 5.82 Å². The number of rotatable bonds is 0. The summed E-state index contributed by atoms with van der Waals surface area (Å²) in [6.45, 7) is 0. The van der Waals surface area contributed by atoms with Crippen LogP contribution < -0.4 is 0 Å². The Morgan fingerprint density at radius 2 is 1.53 bits per heavy atom. The first-order chi connectivity index (χ1) is 7.20. The van der Waals surface area contributed by atoms with Gasteiger partial charge in [-0.25, -0.2) is 4.39 Å². The Labute approximate surface area is 84.3 Å². The van der Waals surface area contributed by atoms with Gasteiger partial charge in [0, 0.05) is 21.9 Å². The first-order valence-corrected chi connectivity index (χ1v) is 4.50. The Morgan fingerprint density at radius 1 is 0.867 bits per heavy atom. The monoisotopic (exact) mass is 200 g/mol. The molecule has 0 aromatic heterocycles. The SMILES string of the molecule is O=C1C(=O)c2ccc(F)c3cccc1c23. The molecule has 0 aliphatic heterocycles. The van der Waals surface area contributed by atoms with Gasteiger partial charge < -0.3 is 0 Å². The van der Waals surface area contributed by atoms with Gasteiger partial charge in [0.1, 0.15) is 5.82 Å². The number of hydrogen-bond donors (Lipinski definition) is 0. The summed E-state index contributed by atoms with van der Waals surface area (Å²) >= 11 is 0. The van der Waals surface area contributed by atoms with Crippen molar-refractivity contribution in [2.24, 2.45) is 0 Å². The van der Waals surface area contributed by atoms with Crippen LogP contribution in [-0.2, 0) is 0 Å². The predicted octanol–water partition coefficient (Wildman–Crippen LogP) is 2.36. The minimum absolute atomic E-state index is 0.312. The molecule has 1 aliphatic rings. The molecule has 0 N–H and O–H groups in total. The summed E-state index contributed by atoms with van der Waals surface area (Å²) < 4.78 is 13.4. The van der Waals surface area contributed by atoms with Gasteiger partial charge in [0.25, 0.3) is 0 Å². The number of halogens is 1. The van der Waals surface area contributed by atoms with Crippen molar-refractivity contribution in [3.63, 3.8) is 0 Å². The zero-order valence-corrected chi connectivity index (χ0v) is 7.58. The lowest BCUT2D eigenvalue weighted by Crippen LogP contribution is -2.05. The molecule has 0 fully saturated rings. The van der Waals surface area contributed by atoms with Crippen molar-refractivity contribution >= 4 is 22.3 Å². The fourth-order valence-electron chi connectivity index (χ4n) is 1.99. The molecule has 0 atom stereocenters. The van der Waals surface area contributed by atoms with Crippen molar-refractivity contribution in [1.82, 2.24) is 0 Å². The Bertz CT molecular complexity index is 609. The molecule has 0 heterocycles. The lowest BCUT2D eigenvalue weighted by molar-refractivity contribution is 0.0825. The van der Waals surface area contributed by atoms with Crippen molar-refractivity contribution in [3.8, 4) is 0 Å². The van der Waals surface area contributed by atoms with Gasteiger partial charge in [-0.1, -0.05) is 18.2 Å². The van der Waals surface area contributed by atoms with Crippen LogP contribution in [0.5, 0.6) is 0 Å². The van der Waals surface area contributed by atoms with E-state index in [1.54, 1.807) is 18.2 Å². The number of Topliss-reactive ketones (excluding diaryl/α,β-unsaturated/α-hetero) is 2. The summed E-state index contributed by atoms with van der Waals surface area (Å²) in [7, 11) is 0. The van der Waals surface area contributed by atoms with Crippen LogP contribution >= 0.6 is 0 Å². The van der Waals surface area contributed by atoms with Crippen LogP contribution in [0.4, 0.5) is 4.39 Å². The van der Waals surface area contributed by atoms with Gasteiger partial charge in [0.05, 0.1) is 0 Å².